The van der Waals surface area contributed by atoms with Gasteiger partial charge in [0.05, 0.1) is 0 Å². The molecule has 0 radical (unpaired) electrons. The van der Waals surface area contributed by atoms with Crippen molar-refractivity contribution in [2.45, 2.75) is 19.5 Å². The van der Waals surface area contributed by atoms with Crippen molar-refractivity contribution < 1.29 is 0 Å². The van der Waals surface area contributed by atoms with Crippen LogP contribution in [0.5, 0.6) is 0 Å². The molecule has 1 unspecified atom stereocenters. The second-order valence-electron chi connectivity index (χ2n) is 3.79. The SMILES string of the molecule is CC(NCc1ccc(Cl)cc1)c1ccsc1. The average molecular weight is 252 g/mol. The van der Waals surface area contributed by atoms with Gasteiger partial charge in [-0.25, -0.2) is 0 Å². The second-order valence-corrected chi connectivity index (χ2v) is 5.00. The van der Waals surface area contributed by atoms with E-state index in [1.165, 1.54) is 11.1 Å². The quantitative estimate of drug-likeness (QED) is 0.857. The second kappa shape index (κ2) is 5.48. The standard InChI is InChI=1S/C13H14ClNS/c1-10(12-6-7-16-9-12)15-8-11-2-4-13(14)5-3-11/h2-7,9-10,15H,8H2,1H3. The van der Waals surface area contributed by atoms with Gasteiger partial charge in [-0.1, -0.05) is 23.7 Å². The molecule has 0 aliphatic heterocycles. The van der Waals surface area contributed by atoms with E-state index in [0.29, 0.717) is 6.04 Å². The zero-order valence-electron chi connectivity index (χ0n) is 9.11. The van der Waals surface area contributed by atoms with Gasteiger partial charge in [-0.15, -0.1) is 0 Å². The molecule has 1 aromatic carbocycles. The average Bonchev–Trinajstić information content (AvgIpc) is 2.81. The first-order valence-corrected chi connectivity index (χ1v) is 6.58. The molecule has 1 nitrogen and oxygen atoms in total. The summed E-state index contributed by atoms with van der Waals surface area (Å²) in [5.74, 6) is 0. The first-order valence-electron chi connectivity index (χ1n) is 5.25. The maximum atomic E-state index is 5.84. The van der Waals surface area contributed by atoms with E-state index >= 15 is 0 Å². The van der Waals surface area contributed by atoms with E-state index in [-0.39, 0.29) is 0 Å². The highest BCUT2D eigenvalue weighted by molar-refractivity contribution is 7.07. The minimum Gasteiger partial charge on any atom is -0.306 e. The summed E-state index contributed by atoms with van der Waals surface area (Å²) in [7, 11) is 0. The van der Waals surface area contributed by atoms with E-state index in [1.54, 1.807) is 11.3 Å². The Morgan fingerprint density at radius 1 is 1.25 bits per heavy atom. The zero-order chi connectivity index (χ0) is 11.4. The molecule has 1 aromatic heterocycles. The third kappa shape index (κ3) is 3.08. The first-order chi connectivity index (χ1) is 7.75. The van der Waals surface area contributed by atoms with E-state index in [9.17, 15) is 0 Å². The summed E-state index contributed by atoms with van der Waals surface area (Å²) in [5.41, 5.74) is 2.60. The normalized spacial score (nSPS) is 12.6. The smallest absolute Gasteiger partial charge is 0.0406 e. The molecule has 0 amide bonds. The molecule has 1 N–H and O–H groups in total. The molecule has 2 aromatic rings. The molecular formula is C13H14ClNS. The number of thiophene rings is 1. The van der Waals surface area contributed by atoms with Gasteiger partial charge in [-0.05, 0) is 47.0 Å². The van der Waals surface area contributed by atoms with Crippen molar-refractivity contribution in [1.82, 2.24) is 5.32 Å². The Morgan fingerprint density at radius 2 is 2.00 bits per heavy atom. The van der Waals surface area contributed by atoms with Gasteiger partial charge in [0.2, 0.25) is 0 Å². The summed E-state index contributed by atoms with van der Waals surface area (Å²) in [6.07, 6.45) is 0. The third-order valence-electron chi connectivity index (χ3n) is 2.57. The Hall–Kier alpha value is -0.830. The van der Waals surface area contributed by atoms with Crippen LogP contribution in [0.3, 0.4) is 0 Å². The van der Waals surface area contributed by atoms with Gasteiger partial charge in [0.1, 0.15) is 0 Å². The topological polar surface area (TPSA) is 12.0 Å². The maximum absolute atomic E-state index is 5.84. The fourth-order valence-corrected chi connectivity index (χ4v) is 2.39. The monoisotopic (exact) mass is 251 g/mol. The van der Waals surface area contributed by atoms with E-state index in [0.717, 1.165) is 11.6 Å². The molecule has 1 heterocycles. The summed E-state index contributed by atoms with van der Waals surface area (Å²) >= 11 is 7.57. The molecule has 0 saturated carbocycles. The van der Waals surface area contributed by atoms with Crippen molar-refractivity contribution in [3.05, 3.63) is 57.2 Å². The van der Waals surface area contributed by atoms with Crippen molar-refractivity contribution in [2.24, 2.45) is 0 Å². The van der Waals surface area contributed by atoms with Crippen LogP contribution < -0.4 is 5.32 Å². The lowest BCUT2D eigenvalue weighted by Crippen LogP contribution is -2.17. The number of hydrogen-bond acceptors (Lipinski definition) is 2. The highest BCUT2D eigenvalue weighted by atomic mass is 35.5. The minimum atomic E-state index is 0.391. The highest BCUT2D eigenvalue weighted by Gasteiger charge is 2.04. The number of benzene rings is 1. The summed E-state index contributed by atoms with van der Waals surface area (Å²) in [6, 6.07) is 10.5. The Labute approximate surface area is 105 Å². The highest BCUT2D eigenvalue weighted by Crippen LogP contribution is 2.16. The van der Waals surface area contributed by atoms with Gasteiger partial charge in [0.25, 0.3) is 0 Å². The van der Waals surface area contributed by atoms with E-state index in [4.69, 9.17) is 11.6 Å². The molecule has 3 heteroatoms. The van der Waals surface area contributed by atoms with Crippen LogP contribution >= 0.6 is 22.9 Å². The summed E-state index contributed by atoms with van der Waals surface area (Å²) in [5, 5.41) is 8.56. The van der Waals surface area contributed by atoms with Gasteiger partial charge in [0.15, 0.2) is 0 Å². The lowest BCUT2D eigenvalue weighted by atomic mass is 10.1. The number of hydrogen-bond donors (Lipinski definition) is 1. The van der Waals surface area contributed by atoms with E-state index in [1.807, 2.05) is 12.1 Å². The van der Waals surface area contributed by atoms with Crippen LogP contribution in [-0.2, 0) is 6.54 Å². The predicted molar refractivity (Wildman–Crippen MR) is 71.0 cm³/mol. The van der Waals surface area contributed by atoms with Crippen LogP contribution in [-0.4, -0.2) is 0 Å². The number of rotatable bonds is 4. The Bertz CT molecular complexity index is 422. The molecule has 0 aliphatic rings. The Morgan fingerprint density at radius 3 is 2.62 bits per heavy atom. The van der Waals surface area contributed by atoms with Gasteiger partial charge < -0.3 is 5.32 Å². The zero-order valence-corrected chi connectivity index (χ0v) is 10.7. The van der Waals surface area contributed by atoms with Crippen LogP contribution in [0.4, 0.5) is 0 Å². The largest absolute Gasteiger partial charge is 0.306 e. The molecule has 0 saturated heterocycles. The van der Waals surface area contributed by atoms with E-state index < -0.39 is 0 Å². The van der Waals surface area contributed by atoms with Crippen LogP contribution in [0.2, 0.25) is 5.02 Å². The van der Waals surface area contributed by atoms with Crippen LogP contribution in [0.25, 0.3) is 0 Å². The van der Waals surface area contributed by atoms with Gasteiger partial charge in [0, 0.05) is 17.6 Å². The molecule has 0 fully saturated rings. The molecule has 0 aliphatic carbocycles. The molecule has 16 heavy (non-hydrogen) atoms. The number of halogens is 1. The van der Waals surface area contributed by atoms with Crippen LogP contribution in [0, 0.1) is 0 Å². The summed E-state index contributed by atoms with van der Waals surface area (Å²) < 4.78 is 0. The fraction of sp³-hybridized carbons (Fsp3) is 0.231. The molecule has 1 atom stereocenters. The van der Waals surface area contributed by atoms with Crippen LogP contribution in [0.15, 0.2) is 41.1 Å². The number of nitrogens with one attached hydrogen (secondary N) is 1. The fourth-order valence-electron chi connectivity index (χ4n) is 1.51. The minimum absolute atomic E-state index is 0.391. The lowest BCUT2D eigenvalue weighted by molar-refractivity contribution is 0.576. The molecular weight excluding hydrogens is 238 g/mol. The van der Waals surface area contributed by atoms with Crippen molar-refractivity contribution in [3.8, 4) is 0 Å². The van der Waals surface area contributed by atoms with E-state index in [2.05, 4.69) is 41.2 Å². The van der Waals surface area contributed by atoms with Gasteiger partial charge in [-0.2, -0.15) is 11.3 Å². The predicted octanol–water partition coefficient (Wildman–Crippen LogP) is 4.25. The lowest BCUT2D eigenvalue weighted by Gasteiger charge is -2.12. The van der Waals surface area contributed by atoms with Gasteiger partial charge >= 0.3 is 0 Å². The Balaban J connectivity index is 1.90. The van der Waals surface area contributed by atoms with Crippen LogP contribution in [0.1, 0.15) is 24.1 Å². The maximum Gasteiger partial charge on any atom is 0.0406 e. The van der Waals surface area contributed by atoms with Crippen molar-refractivity contribution in [1.29, 1.82) is 0 Å². The summed E-state index contributed by atoms with van der Waals surface area (Å²) in [4.78, 5) is 0. The Kier molecular flexibility index (Phi) is 3.99. The third-order valence-corrected chi connectivity index (χ3v) is 3.52. The molecule has 0 spiro atoms. The molecule has 84 valence electrons. The van der Waals surface area contributed by atoms with Crippen molar-refractivity contribution in [3.63, 3.8) is 0 Å². The van der Waals surface area contributed by atoms with Crippen molar-refractivity contribution >= 4 is 22.9 Å². The molecule has 2 rings (SSSR count). The molecule has 0 bridgehead atoms. The van der Waals surface area contributed by atoms with Gasteiger partial charge in [-0.3, -0.25) is 0 Å². The summed E-state index contributed by atoms with van der Waals surface area (Å²) in [6.45, 7) is 3.05. The van der Waals surface area contributed by atoms with Crippen molar-refractivity contribution in [2.75, 3.05) is 0 Å². The first kappa shape index (κ1) is 11.6.